The van der Waals surface area contributed by atoms with Crippen molar-refractivity contribution >= 4 is 17.8 Å². The number of methoxy groups -OCH3 is 1. The van der Waals surface area contributed by atoms with Crippen LogP contribution in [0.4, 0.5) is 4.79 Å². The first-order valence-corrected chi connectivity index (χ1v) is 9.11. The number of ketones is 1. The molecule has 0 spiro atoms. The number of Topliss-reactive ketones (excluding diaryl/α,β-unsaturated/α-hetero) is 1. The van der Waals surface area contributed by atoms with Crippen LogP contribution >= 0.6 is 0 Å². The summed E-state index contributed by atoms with van der Waals surface area (Å²) in [5, 5.41) is 2.64. The minimum absolute atomic E-state index is 0.0247. The normalized spacial score (nSPS) is 12.5. The number of carbonyl (C=O) groups excluding carboxylic acids is 3. The molecule has 148 valence electrons. The maximum atomic E-state index is 12.7. The van der Waals surface area contributed by atoms with Gasteiger partial charge in [-0.25, -0.2) is 4.79 Å². The predicted molar refractivity (Wildman–Crippen MR) is 105 cm³/mol. The topological polar surface area (TPSA) is 81.7 Å². The lowest BCUT2D eigenvalue weighted by molar-refractivity contribution is -0.146. The lowest BCUT2D eigenvalue weighted by Gasteiger charge is -2.19. The Bertz CT molecular complexity index is 776. The van der Waals surface area contributed by atoms with Gasteiger partial charge in [0.2, 0.25) is 0 Å². The standard InChI is InChI=1S/C22H25NO5/c1-16(21(25)27-2)13-20(24)19(14-17-9-5-3-6-10-17)23-22(26)28-15-18-11-7-4-8-12-18/h3-12,16,19H,13-15H2,1-2H3,(H,23,26)/t16-,19+/m1/s1. The van der Waals surface area contributed by atoms with Gasteiger partial charge in [0.25, 0.3) is 0 Å². The molecule has 2 atom stereocenters. The lowest BCUT2D eigenvalue weighted by atomic mass is 9.95. The van der Waals surface area contributed by atoms with Crippen molar-refractivity contribution in [3.63, 3.8) is 0 Å². The molecule has 1 amide bonds. The zero-order valence-electron chi connectivity index (χ0n) is 16.1. The highest BCUT2D eigenvalue weighted by molar-refractivity contribution is 5.90. The molecule has 0 radical (unpaired) electrons. The Hall–Kier alpha value is -3.15. The van der Waals surface area contributed by atoms with Crippen LogP contribution in [0.25, 0.3) is 0 Å². The minimum Gasteiger partial charge on any atom is -0.469 e. The number of hydrogen-bond donors (Lipinski definition) is 1. The van der Waals surface area contributed by atoms with Crippen LogP contribution in [0.3, 0.4) is 0 Å². The fourth-order valence-electron chi connectivity index (χ4n) is 2.73. The van der Waals surface area contributed by atoms with Crippen LogP contribution in [0.2, 0.25) is 0 Å². The van der Waals surface area contributed by atoms with Gasteiger partial charge in [-0.15, -0.1) is 0 Å². The first-order chi connectivity index (χ1) is 13.5. The number of hydrogen-bond acceptors (Lipinski definition) is 5. The van der Waals surface area contributed by atoms with Crippen molar-refractivity contribution in [3.05, 3.63) is 71.8 Å². The quantitative estimate of drug-likeness (QED) is 0.672. The highest BCUT2D eigenvalue weighted by Gasteiger charge is 2.26. The zero-order chi connectivity index (χ0) is 20.4. The van der Waals surface area contributed by atoms with E-state index in [1.165, 1.54) is 7.11 Å². The molecular weight excluding hydrogens is 358 g/mol. The number of esters is 1. The van der Waals surface area contributed by atoms with Crippen LogP contribution in [0.1, 0.15) is 24.5 Å². The Morgan fingerprint density at radius 3 is 2.07 bits per heavy atom. The minimum atomic E-state index is -0.794. The van der Waals surface area contributed by atoms with Crippen LogP contribution in [0, 0.1) is 5.92 Å². The third-order valence-electron chi connectivity index (χ3n) is 4.29. The van der Waals surface area contributed by atoms with E-state index in [9.17, 15) is 14.4 Å². The number of benzene rings is 2. The molecule has 0 saturated heterocycles. The first-order valence-electron chi connectivity index (χ1n) is 9.11. The fraction of sp³-hybridized carbons (Fsp3) is 0.318. The van der Waals surface area contributed by atoms with Gasteiger partial charge in [0.05, 0.1) is 19.1 Å². The van der Waals surface area contributed by atoms with Gasteiger partial charge in [0, 0.05) is 6.42 Å². The zero-order valence-corrected chi connectivity index (χ0v) is 16.1. The van der Waals surface area contributed by atoms with E-state index in [-0.39, 0.29) is 18.8 Å². The van der Waals surface area contributed by atoms with Crippen LogP contribution in [-0.4, -0.2) is 31.0 Å². The molecule has 0 aliphatic heterocycles. The molecule has 0 aromatic heterocycles. The Morgan fingerprint density at radius 1 is 0.929 bits per heavy atom. The van der Waals surface area contributed by atoms with Crippen LogP contribution in [0.5, 0.6) is 0 Å². The molecule has 2 aromatic carbocycles. The summed E-state index contributed by atoms with van der Waals surface area (Å²) in [6.45, 7) is 1.73. The van der Waals surface area contributed by atoms with E-state index in [2.05, 4.69) is 10.1 Å². The molecule has 1 N–H and O–H groups in total. The Balaban J connectivity index is 2.01. The smallest absolute Gasteiger partial charge is 0.408 e. The molecule has 0 unspecified atom stereocenters. The van der Waals surface area contributed by atoms with Gasteiger partial charge in [0.1, 0.15) is 6.61 Å². The highest BCUT2D eigenvalue weighted by atomic mass is 16.5. The second-order valence-corrected chi connectivity index (χ2v) is 6.54. The van der Waals surface area contributed by atoms with Gasteiger partial charge in [-0.2, -0.15) is 0 Å². The summed E-state index contributed by atoms with van der Waals surface area (Å²) >= 11 is 0. The third-order valence-corrected chi connectivity index (χ3v) is 4.29. The summed E-state index contributed by atoms with van der Waals surface area (Å²) in [7, 11) is 1.28. The van der Waals surface area contributed by atoms with Gasteiger partial charge in [-0.1, -0.05) is 67.6 Å². The first kappa shape index (κ1) is 21.2. The van der Waals surface area contributed by atoms with Crippen LogP contribution in [0.15, 0.2) is 60.7 Å². The maximum absolute atomic E-state index is 12.7. The lowest BCUT2D eigenvalue weighted by Crippen LogP contribution is -2.43. The van der Waals surface area contributed by atoms with Crippen molar-refractivity contribution in [1.29, 1.82) is 0 Å². The third kappa shape index (κ3) is 6.87. The summed E-state index contributed by atoms with van der Waals surface area (Å²) < 4.78 is 9.90. The van der Waals surface area contributed by atoms with E-state index in [1.807, 2.05) is 60.7 Å². The van der Waals surface area contributed by atoms with Crippen molar-refractivity contribution in [3.8, 4) is 0 Å². The molecule has 0 fully saturated rings. The van der Waals surface area contributed by atoms with E-state index < -0.39 is 24.0 Å². The van der Waals surface area contributed by atoms with E-state index in [4.69, 9.17) is 4.74 Å². The largest absolute Gasteiger partial charge is 0.469 e. The predicted octanol–water partition coefficient (Wildman–Crippen LogP) is 3.29. The number of amides is 1. The van der Waals surface area contributed by atoms with Gasteiger partial charge in [-0.05, 0) is 17.5 Å². The number of ether oxygens (including phenoxy) is 2. The van der Waals surface area contributed by atoms with Gasteiger partial charge < -0.3 is 14.8 Å². The number of nitrogens with one attached hydrogen (secondary N) is 1. The average molecular weight is 383 g/mol. The average Bonchev–Trinajstić information content (AvgIpc) is 2.72. The Morgan fingerprint density at radius 2 is 1.50 bits per heavy atom. The Labute approximate surface area is 164 Å². The number of rotatable bonds is 9. The van der Waals surface area contributed by atoms with Gasteiger partial charge in [-0.3, -0.25) is 9.59 Å². The molecule has 0 heterocycles. The van der Waals surface area contributed by atoms with Crippen molar-refractivity contribution in [2.24, 2.45) is 5.92 Å². The Kier molecular flexibility index (Phi) is 8.21. The SMILES string of the molecule is COC(=O)[C@H](C)CC(=O)[C@H](Cc1ccccc1)NC(=O)OCc1ccccc1. The monoisotopic (exact) mass is 383 g/mol. The molecule has 0 saturated carbocycles. The molecular formula is C22H25NO5. The second-order valence-electron chi connectivity index (χ2n) is 6.54. The summed E-state index contributed by atoms with van der Waals surface area (Å²) in [6.07, 6.45) is -0.388. The van der Waals surface area contributed by atoms with Crippen molar-refractivity contribution in [2.75, 3.05) is 7.11 Å². The van der Waals surface area contributed by atoms with Gasteiger partial charge in [0.15, 0.2) is 5.78 Å². The van der Waals surface area contributed by atoms with Crippen molar-refractivity contribution in [1.82, 2.24) is 5.32 Å². The summed E-state index contributed by atoms with van der Waals surface area (Å²) in [5.41, 5.74) is 1.75. The second kappa shape index (κ2) is 10.9. The molecule has 2 aromatic rings. The summed E-state index contributed by atoms with van der Waals surface area (Å²) in [4.78, 5) is 36.6. The molecule has 2 rings (SSSR count). The molecule has 0 bridgehead atoms. The van der Waals surface area contributed by atoms with Crippen LogP contribution < -0.4 is 5.32 Å². The summed E-state index contributed by atoms with van der Waals surface area (Å²) in [6, 6.07) is 17.8. The molecule has 6 nitrogen and oxygen atoms in total. The van der Waals surface area contributed by atoms with Crippen molar-refractivity contribution in [2.45, 2.75) is 32.4 Å². The molecule has 28 heavy (non-hydrogen) atoms. The highest BCUT2D eigenvalue weighted by Crippen LogP contribution is 2.11. The van der Waals surface area contributed by atoms with Crippen molar-refractivity contribution < 1.29 is 23.9 Å². The van der Waals surface area contributed by atoms with E-state index in [0.717, 1.165) is 11.1 Å². The van der Waals surface area contributed by atoms with E-state index in [0.29, 0.717) is 6.42 Å². The van der Waals surface area contributed by atoms with Crippen LogP contribution in [-0.2, 0) is 32.1 Å². The summed E-state index contributed by atoms with van der Waals surface area (Å²) in [5.74, 6) is -1.30. The molecule has 6 heteroatoms. The molecule has 0 aliphatic rings. The fourth-order valence-corrected chi connectivity index (χ4v) is 2.73. The maximum Gasteiger partial charge on any atom is 0.408 e. The number of carbonyl (C=O) groups is 3. The molecule has 0 aliphatic carbocycles. The van der Waals surface area contributed by atoms with Gasteiger partial charge >= 0.3 is 12.1 Å². The number of alkyl carbamates (subject to hydrolysis) is 1. The van der Waals surface area contributed by atoms with E-state index in [1.54, 1.807) is 6.92 Å². The van der Waals surface area contributed by atoms with E-state index >= 15 is 0 Å².